The molecule has 4 N–H and O–H groups in total. The molecular weight excluding hydrogens is 248 g/mol. The lowest BCUT2D eigenvalue weighted by Gasteiger charge is -2.14. The van der Waals surface area contributed by atoms with Gasteiger partial charge in [0.25, 0.3) is 0 Å². The minimum atomic E-state index is -0.470. The zero-order chi connectivity index (χ0) is 14.3. The summed E-state index contributed by atoms with van der Waals surface area (Å²) in [5.74, 6) is 0.135. The van der Waals surface area contributed by atoms with Gasteiger partial charge in [-0.05, 0) is 20.3 Å². The standard InChI is InChI=1S/C11H20N6O2/c1-4-6-13-8(18)7(3)14-10-15-9(12)16-11(17-10)19-5-2/h7H,4-6H2,1-3H3,(H,13,18)(H3,12,14,15,16,17). The van der Waals surface area contributed by atoms with E-state index in [1.807, 2.05) is 13.8 Å². The number of carbonyl (C=O) groups excluding carboxylic acids is 1. The SMILES string of the molecule is CCCNC(=O)C(C)Nc1nc(N)nc(OCC)n1. The summed E-state index contributed by atoms with van der Waals surface area (Å²) in [4.78, 5) is 23.4. The Labute approximate surface area is 112 Å². The van der Waals surface area contributed by atoms with Gasteiger partial charge in [-0.2, -0.15) is 15.0 Å². The van der Waals surface area contributed by atoms with E-state index in [1.165, 1.54) is 0 Å². The van der Waals surface area contributed by atoms with Crippen molar-refractivity contribution < 1.29 is 9.53 Å². The van der Waals surface area contributed by atoms with Crippen LogP contribution in [0.15, 0.2) is 0 Å². The van der Waals surface area contributed by atoms with Crippen LogP contribution in [-0.4, -0.2) is 40.1 Å². The molecule has 0 aliphatic heterocycles. The van der Waals surface area contributed by atoms with Crippen LogP contribution in [0.3, 0.4) is 0 Å². The summed E-state index contributed by atoms with van der Waals surface area (Å²) >= 11 is 0. The molecule has 0 fully saturated rings. The van der Waals surface area contributed by atoms with Crippen LogP contribution in [0.2, 0.25) is 0 Å². The zero-order valence-corrected chi connectivity index (χ0v) is 11.4. The number of ether oxygens (including phenoxy) is 1. The molecule has 0 radical (unpaired) electrons. The number of rotatable bonds is 7. The lowest BCUT2D eigenvalue weighted by Crippen LogP contribution is -2.38. The molecule has 0 spiro atoms. The third-order valence-corrected chi connectivity index (χ3v) is 2.19. The second kappa shape index (κ2) is 7.34. The molecule has 1 aromatic heterocycles. The molecule has 0 saturated carbocycles. The lowest BCUT2D eigenvalue weighted by molar-refractivity contribution is -0.121. The predicted molar refractivity (Wildman–Crippen MR) is 71.8 cm³/mol. The summed E-state index contributed by atoms with van der Waals surface area (Å²) in [6, 6.07) is -0.332. The average Bonchev–Trinajstić information content (AvgIpc) is 2.35. The molecule has 8 nitrogen and oxygen atoms in total. The Morgan fingerprint density at radius 2 is 2.11 bits per heavy atom. The molecule has 1 atom stereocenters. The second-order valence-corrected chi connectivity index (χ2v) is 3.89. The van der Waals surface area contributed by atoms with Gasteiger partial charge < -0.3 is 21.1 Å². The number of nitrogen functional groups attached to an aromatic ring is 1. The van der Waals surface area contributed by atoms with Crippen LogP contribution in [0.5, 0.6) is 6.01 Å². The first-order valence-electron chi connectivity index (χ1n) is 6.25. The fourth-order valence-electron chi connectivity index (χ4n) is 1.29. The number of amides is 1. The molecule has 8 heteroatoms. The second-order valence-electron chi connectivity index (χ2n) is 3.89. The molecule has 1 amide bonds. The maximum Gasteiger partial charge on any atom is 0.323 e. The highest BCUT2D eigenvalue weighted by atomic mass is 16.5. The lowest BCUT2D eigenvalue weighted by atomic mass is 10.3. The van der Waals surface area contributed by atoms with Gasteiger partial charge in [0.05, 0.1) is 6.61 Å². The molecule has 1 aromatic rings. The van der Waals surface area contributed by atoms with Crippen LogP contribution in [0.4, 0.5) is 11.9 Å². The number of carbonyl (C=O) groups is 1. The van der Waals surface area contributed by atoms with Crippen molar-refractivity contribution in [2.75, 3.05) is 24.2 Å². The maximum atomic E-state index is 11.7. The van der Waals surface area contributed by atoms with Gasteiger partial charge in [-0.25, -0.2) is 0 Å². The molecular formula is C11H20N6O2. The van der Waals surface area contributed by atoms with Gasteiger partial charge >= 0.3 is 6.01 Å². The molecule has 1 heterocycles. The predicted octanol–water partition coefficient (Wildman–Crippen LogP) is 0.179. The number of nitrogens with zero attached hydrogens (tertiary/aromatic N) is 3. The molecule has 1 rings (SSSR count). The minimum absolute atomic E-state index is 0.0436. The smallest absolute Gasteiger partial charge is 0.323 e. The van der Waals surface area contributed by atoms with Crippen molar-refractivity contribution in [1.29, 1.82) is 0 Å². The van der Waals surface area contributed by atoms with Crippen LogP contribution in [0, 0.1) is 0 Å². The first-order valence-corrected chi connectivity index (χ1v) is 6.25. The molecule has 0 aliphatic rings. The van der Waals surface area contributed by atoms with Crippen LogP contribution < -0.4 is 21.1 Å². The third-order valence-electron chi connectivity index (χ3n) is 2.19. The largest absolute Gasteiger partial charge is 0.464 e. The summed E-state index contributed by atoms with van der Waals surface area (Å²) in [7, 11) is 0. The number of anilines is 2. The van der Waals surface area contributed by atoms with Gasteiger partial charge in [-0.3, -0.25) is 4.79 Å². The van der Waals surface area contributed by atoms with Crippen molar-refractivity contribution in [3.8, 4) is 6.01 Å². The molecule has 0 bridgehead atoms. The molecule has 0 aliphatic carbocycles. The van der Waals surface area contributed by atoms with E-state index >= 15 is 0 Å². The third kappa shape index (κ3) is 4.94. The molecule has 1 unspecified atom stereocenters. The van der Waals surface area contributed by atoms with Gasteiger partial charge in [0.2, 0.25) is 17.8 Å². The fourth-order valence-corrected chi connectivity index (χ4v) is 1.29. The summed E-state index contributed by atoms with van der Waals surface area (Å²) in [5, 5.41) is 5.63. The van der Waals surface area contributed by atoms with E-state index in [0.29, 0.717) is 13.2 Å². The van der Waals surface area contributed by atoms with E-state index in [0.717, 1.165) is 6.42 Å². The topological polar surface area (TPSA) is 115 Å². The van der Waals surface area contributed by atoms with Gasteiger partial charge in [0.15, 0.2) is 0 Å². The first kappa shape index (κ1) is 14.9. The van der Waals surface area contributed by atoms with Crippen molar-refractivity contribution in [3.05, 3.63) is 0 Å². The number of nitrogens with two attached hydrogens (primary N) is 1. The maximum absolute atomic E-state index is 11.7. The average molecular weight is 268 g/mol. The fraction of sp³-hybridized carbons (Fsp3) is 0.636. The Hall–Kier alpha value is -2.12. The van der Waals surface area contributed by atoms with Crippen molar-refractivity contribution in [2.24, 2.45) is 0 Å². The summed E-state index contributed by atoms with van der Waals surface area (Å²) in [6.07, 6.45) is 0.881. The quantitative estimate of drug-likeness (QED) is 0.646. The zero-order valence-electron chi connectivity index (χ0n) is 11.4. The van der Waals surface area contributed by atoms with E-state index in [1.54, 1.807) is 6.92 Å². The molecule has 0 aromatic carbocycles. The Bertz CT molecular complexity index is 426. The number of nitrogens with one attached hydrogen (secondary N) is 2. The molecule has 19 heavy (non-hydrogen) atoms. The van der Waals surface area contributed by atoms with Crippen molar-refractivity contribution in [3.63, 3.8) is 0 Å². The van der Waals surface area contributed by atoms with Crippen LogP contribution >= 0.6 is 0 Å². The van der Waals surface area contributed by atoms with E-state index in [-0.39, 0.29) is 23.8 Å². The molecule has 106 valence electrons. The monoisotopic (exact) mass is 268 g/mol. The normalized spacial score (nSPS) is 11.7. The summed E-state index contributed by atoms with van der Waals surface area (Å²) in [6.45, 7) is 6.57. The highest BCUT2D eigenvalue weighted by molar-refractivity contribution is 5.83. The van der Waals surface area contributed by atoms with Crippen LogP contribution in [0.1, 0.15) is 27.2 Å². The van der Waals surface area contributed by atoms with Gasteiger partial charge in [0, 0.05) is 6.54 Å². The van der Waals surface area contributed by atoms with Gasteiger partial charge in [0.1, 0.15) is 6.04 Å². The van der Waals surface area contributed by atoms with Gasteiger partial charge in [-0.15, -0.1) is 0 Å². The molecule has 0 saturated heterocycles. The highest BCUT2D eigenvalue weighted by Crippen LogP contribution is 2.09. The Morgan fingerprint density at radius 3 is 2.74 bits per heavy atom. The van der Waals surface area contributed by atoms with E-state index in [9.17, 15) is 4.79 Å². The Balaban J connectivity index is 2.67. The first-order chi connectivity index (χ1) is 9.06. The van der Waals surface area contributed by atoms with Crippen molar-refractivity contribution >= 4 is 17.8 Å². The van der Waals surface area contributed by atoms with Crippen LogP contribution in [-0.2, 0) is 4.79 Å². The number of hydrogen-bond donors (Lipinski definition) is 3. The van der Waals surface area contributed by atoms with Crippen molar-refractivity contribution in [1.82, 2.24) is 20.3 Å². The number of aromatic nitrogens is 3. The van der Waals surface area contributed by atoms with Crippen LogP contribution in [0.25, 0.3) is 0 Å². The van der Waals surface area contributed by atoms with E-state index in [4.69, 9.17) is 10.5 Å². The van der Waals surface area contributed by atoms with Crippen molar-refractivity contribution in [2.45, 2.75) is 33.2 Å². The Kier molecular flexibility index (Phi) is 5.77. The number of hydrogen-bond acceptors (Lipinski definition) is 7. The summed E-state index contributed by atoms with van der Waals surface area (Å²) in [5.41, 5.74) is 5.54. The Morgan fingerprint density at radius 1 is 1.37 bits per heavy atom. The van der Waals surface area contributed by atoms with Gasteiger partial charge in [-0.1, -0.05) is 6.92 Å². The van der Waals surface area contributed by atoms with E-state index < -0.39 is 6.04 Å². The highest BCUT2D eigenvalue weighted by Gasteiger charge is 2.14. The summed E-state index contributed by atoms with van der Waals surface area (Å²) < 4.78 is 5.15. The van der Waals surface area contributed by atoms with E-state index in [2.05, 4.69) is 25.6 Å². The minimum Gasteiger partial charge on any atom is -0.464 e.